The molecule has 4 nitrogen and oxygen atoms in total. The fraction of sp³-hybridized carbons (Fsp3) is 0.385. The molecule has 18 heavy (non-hydrogen) atoms. The van der Waals surface area contributed by atoms with Crippen LogP contribution in [0.2, 0.25) is 0 Å². The first-order valence-electron chi connectivity index (χ1n) is 5.81. The van der Waals surface area contributed by atoms with Gasteiger partial charge in [0.05, 0.1) is 11.6 Å². The van der Waals surface area contributed by atoms with E-state index >= 15 is 0 Å². The number of carbonyl (C=O) groups excluding carboxylic acids is 1. The number of amides is 1. The van der Waals surface area contributed by atoms with Crippen molar-refractivity contribution in [3.8, 4) is 6.07 Å². The standard InChI is InChI=1S/C13H15N3O.ClH/c14-9-10-2-1-3-11(8-10)13(17)16-12-4-6-15-7-5-12;/h1-3,8,12,15H,4-7H2,(H,16,17);1H. The molecule has 1 saturated heterocycles. The molecule has 1 aliphatic heterocycles. The minimum atomic E-state index is -0.0889. The quantitative estimate of drug-likeness (QED) is 0.851. The van der Waals surface area contributed by atoms with Crippen LogP contribution in [0, 0.1) is 11.3 Å². The van der Waals surface area contributed by atoms with Crippen molar-refractivity contribution in [1.82, 2.24) is 10.6 Å². The molecular weight excluding hydrogens is 250 g/mol. The van der Waals surface area contributed by atoms with Gasteiger partial charge in [-0.05, 0) is 44.1 Å². The summed E-state index contributed by atoms with van der Waals surface area (Å²) in [6.07, 6.45) is 1.92. The lowest BCUT2D eigenvalue weighted by molar-refractivity contribution is 0.0929. The summed E-state index contributed by atoms with van der Waals surface area (Å²) in [4.78, 5) is 11.9. The van der Waals surface area contributed by atoms with Gasteiger partial charge in [-0.2, -0.15) is 5.26 Å². The van der Waals surface area contributed by atoms with Gasteiger partial charge in [0.25, 0.3) is 5.91 Å². The second-order valence-corrected chi connectivity index (χ2v) is 4.19. The molecule has 0 aliphatic carbocycles. The molecule has 0 radical (unpaired) electrons. The van der Waals surface area contributed by atoms with Crippen molar-refractivity contribution >= 4 is 18.3 Å². The fourth-order valence-electron chi connectivity index (χ4n) is 1.96. The van der Waals surface area contributed by atoms with Crippen LogP contribution >= 0.6 is 12.4 Å². The molecule has 0 saturated carbocycles. The van der Waals surface area contributed by atoms with Crippen molar-refractivity contribution < 1.29 is 4.79 Å². The van der Waals surface area contributed by atoms with Crippen LogP contribution < -0.4 is 10.6 Å². The van der Waals surface area contributed by atoms with E-state index in [0.29, 0.717) is 11.1 Å². The normalized spacial score (nSPS) is 15.3. The van der Waals surface area contributed by atoms with Gasteiger partial charge in [-0.25, -0.2) is 0 Å². The van der Waals surface area contributed by atoms with Crippen LogP contribution in [0.1, 0.15) is 28.8 Å². The van der Waals surface area contributed by atoms with E-state index < -0.39 is 0 Å². The number of halogens is 1. The lowest BCUT2D eigenvalue weighted by Gasteiger charge is -2.23. The highest BCUT2D eigenvalue weighted by Crippen LogP contribution is 2.07. The molecule has 5 heteroatoms. The van der Waals surface area contributed by atoms with E-state index in [1.807, 2.05) is 6.07 Å². The largest absolute Gasteiger partial charge is 0.349 e. The van der Waals surface area contributed by atoms with E-state index in [9.17, 15) is 4.79 Å². The Bertz CT molecular complexity index is 450. The molecule has 2 N–H and O–H groups in total. The summed E-state index contributed by atoms with van der Waals surface area (Å²) in [7, 11) is 0. The molecule has 0 spiro atoms. The van der Waals surface area contributed by atoms with Gasteiger partial charge in [0.1, 0.15) is 0 Å². The maximum atomic E-state index is 11.9. The highest BCUT2D eigenvalue weighted by molar-refractivity contribution is 5.94. The molecule has 2 rings (SSSR count). The first kappa shape index (κ1) is 14.5. The second kappa shape index (κ2) is 7.00. The van der Waals surface area contributed by atoms with Crippen LogP contribution in [0.25, 0.3) is 0 Å². The summed E-state index contributed by atoms with van der Waals surface area (Å²) in [6, 6.07) is 9.06. The van der Waals surface area contributed by atoms with Gasteiger partial charge in [-0.3, -0.25) is 4.79 Å². The Kier molecular flexibility index (Phi) is 5.63. The maximum absolute atomic E-state index is 11.9. The van der Waals surface area contributed by atoms with Crippen molar-refractivity contribution in [3.63, 3.8) is 0 Å². The van der Waals surface area contributed by atoms with Crippen molar-refractivity contribution in [2.45, 2.75) is 18.9 Å². The van der Waals surface area contributed by atoms with Crippen molar-refractivity contribution in [3.05, 3.63) is 35.4 Å². The summed E-state index contributed by atoms with van der Waals surface area (Å²) in [6.45, 7) is 1.90. The number of hydrogen-bond acceptors (Lipinski definition) is 3. The third-order valence-corrected chi connectivity index (χ3v) is 2.93. The third-order valence-electron chi connectivity index (χ3n) is 2.93. The molecule has 1 aromatic rings. The van der Waals surface area contributed by atoms with E-state index in [-0.39, 0.29) is 24.4 Å². The minimum absolute atomic E-state index is 0. The Balaban J connectivity index is 0.00000162. The second-order valence-electron chi connectivity index (χ2n) is 4.19. The number of nitrogens with zero attached hydrogens (tertiary/aromatic N) is 1. The van der Waals surface area contributed by atoms with Gasteiger partial charge in [0, 0.05) is 11.6 Å². The van der Waals surface area contributed by atoms with Crippen LogP contribution in [-0.4, -0.2) is 25.0 Å². The van der Waals surface area contributed by atoms with Crippen molar-refractivity contribution in [1.29, 1.82) is 5.26 Å². The van der Waals surface area contributed by atoms with Crippen LogP contribution in [0.5, 0.6) is 0 Å². The van der Waals surface area contributed by atoms with Crippen LogP contribution in [0.4, 0.5) is 0 Å². The minimum Gasteiger partial charge on any atom is -0.349 e. The van der Waals surface area contributed by atoms with Gasteiger partial charge < -0.3 is 10.6 Å². The Morgan fingerprint density at radius 1 is 1.39 bits per heavy atom. The molecule has 0 unspecified atom stereocenters. The molecule has 0 aromatic heterocycles. The van der Waals surface area contributed by atoms with E-state index in [2.05, 4.69) is 10.6 Å². The Hall–Kier alpha value is -1.57. The molecule has 0 atom stereocenters. The number of benzene rings is 1. The smallest absolute Gasteiger partial charge is 0.251 e. The molecule has 1 amide bonds. The van der Waals surface area contributed by atoms with Crippen LogP contribution in [0.15, 0.2) is 24.3 Å². The number of nitrogens with one attached hydrogen (secondary N) is 2. The highest BCUT2D eigenvalue weighted by atomic mass is 35.5. The molecule has 0 bridgehead atoms. The first-order chi connectivity index (χ1) is 8.29. The van der Waals surface area contributed by atoms with E-state index in [1.165, 1.54) is 0 Å². The monoisotopic (exact) mass is 265 g/mol. The molecule has 1 heterocycles. The zero-order valence-electron chi connectivity index (χ0n) is 9.98. The third kappa shape index (κ3) is 3.73. The number of rotatable bonds is 2. The summed E-state index contributed by atoms with van der Waals surface area (Å²) >= 11 is 0. The summed E-state index contributed by atoms with van der Waals surface area (Å²) in [5.74, 6) is -0.0889. The molecule has 1 aromatic carbocycles. The number of hydrogen-bond donors (Lipinski definition) is 2. The van der Waals surface area contributed by atoms with E-state index in [4.69, 9.17) is 5.26 Å². The van der Waals surface area contributed by atoms with Gasteiger partial charge in [0.2, 0.25) is 0 Å². The SMILES string of the molecule is Cl.N#Cc1cccc(C(=O)NC2CCNCC2)c1. The average molecular weight is 266 g/mol. The average Bonchev–Trinajstić information content (AvgIpc) is 2.40. The predicted molar refractivity (Wildman–Crippen MR) is 71.8 cm³/mol. The Morgan fingerprint density at radius 2 is 2.11 bits per heavy atom. The van der Waals surface area contributed by atoms with Crippen molar-refractivity contribution in [2.75, 3.05) is 13.1 Å². The fourth-order valence-corrected chi connectivity index (χ4v) is 1.96. The Labute approximate surface area is 113 Å². The van der Waals surface area contributed by atoms with Gasteiger partial charge in [-0.1, -0.05) is 6.07 Å². The number of nitriles is 1. The zero-order chi connectivity index (χ0) is 12.1. The number of carbonyl (C=O) groups is 1. The van der Waals surface area contributed by atoms with Crippen LogP contribution in [-0.2, 0) is 0 Å². The summed E-state index contributed by atoms with van der Waals surface area (Å²) in [5.41, 5.74) is 1.07. The van der Waals surface area contributed by atoms with Gasteiger partial charge >= 0.3 is 0 Å². The lowest BCUT2D eigenvalue weighted by Crippen LogP contribution is -2.42. The van der Waals surface area contributed by atoms with Gasteiger partial charge in [0.15, 0.2) is 0 Å². The van der Waals surface area contributed by atoms with Crippen molar-refractivity contribution in [2.24, 2.45) is 0 Å². The molecule has 96 valence electrons. The van der Waals surface area contributed by atoms with Crippen LogP contribution in [0.3, 0.4) is 0 Å². The predicted octanol–water partition coefficient (Wildman–Crippen LogP) is 1.46. The van der Waals surface area contributed by atoms with E-state index in [0.717, 1.165) is 25.9 Å². The maximum Gasteiger partial charge on any atom is 0.251 e. The lowest BCUT2D eigenvalue weighted by atomic mass is 10.1. The topological polar surface area (TPSA) is 64.9 Å². The van der Waals surface area contributed by atoms with E-state index in [1.54, 1.807) is 24.3 Å². The zero-order valence-corrected chi connectivity index (χ0v) is 10.8. The van der Waals surface area contributed by atoms with Gasteiger partial charge in [-0.15, -0.1) is 12.4 Å². The highest BCUT2D eigenvalue weighted by Gasteiger charge is 2.16. The Morgan fingerprint density at radius 3 is 2.78 bits per heavy atom. The summed E-state index contributed by atoms with van der Waals surface area (Å²) in [5, 5.41) is 15.0. The number of piperidine rings is 1. The summed E-state index contributed by atoms with van der Waals surface area (Å²) < 4.78 is 0. The first-order valence-corrected chi connectivity index (χ1v) is 5.81. The molecule has 1 fully saturated rings. The molecule has 1 aliphatic rings. The molecular formula is C13H16ClN3O.